The molecule has 1 aliphatic rings. The van der Waals surface area contributed by atoms with Gasteiger partial charge in [0.25, 0.3) is 5.91 Å². The minimum Gasteiger partial charge on any atom is -0.484 e. The maximum absolute atomic E-state index is 12.6. The third-order valence-electron chi connectivity index (χ3n) is 5.87. The second-order valence-corrected chi connectivity index (χ2v) is 8.76. The van der Waals surface area contributed by atoms with Crippen LogP contribution in [0.15, 0.2) is 72.8 Å². The first-order valence-electron chi connectivity index (χ1n) is 11.3. The Hall–Kier alpha value is -3.84. The lowest BCUT2D eigenvalue weighted by Crippen LogP contribution is -2.32. The van der Waals surface area contributed by atoms with Crippen molar-refractivity contribution in [2.24, 2.45) is 5.92 Å². The summed E-state index contributed by atoms with van der Waals surface area (Å²) in [6, 6.07) is 21.8. The summed E-state index contributed by atoms with van der Waals surface area (Å²) >= 11 is 6.08. The quantitative estimate of drug-likeness (QED) is 0.491. The third-order valence-corrected chi connectivity index (χ3v) is 6.27. The molecule has 1 fully saturated rings. The van der Waals surface area contributed by atoms with Crippen LogP contribution in [0.4, 0.5) is 11.4 Å². The van der Waals surface area contributed by atoms with Gasteiger partial charge in [-0.05, 0) is 54.4 Å². The van der Waals surface area contributed by atoms with Crippen LogP contribution in [-0.4, -0.2) is 30.9 Å². The minimum atomic E-state index is -0.402. The lowest BCUT2D eigenvalue weighted by molar-refractivity contribution is -0.126. The molecule has 180 valence electrons. The fraction of sp³-hybridized carbons (Fsp3) is 0.222. The normalized spacial score (nSPS) is 15.1. The summed E-state index contributed by atoms with van der Waals surface area (Å²) in [4.78, 5) is 38.9. The Balaban J connectivity index is 1.28. The number of nitrogens with one attached hydrogen (secondary N) is 2. The molecule has 1 atom stereocenters. The van der Waals surface area contributed by atoms with Crippen LogP contribution in [-0.2, 0) is 20.9 Å². The zero-order chi connectivity index (χ0) is 24.8. The number of benzene rings is 3. The van der Waals surface area contributed by atoms with Crippen LogP contribution >= 0.6 is 11.6 Å². The van der Waals surface area contributed by atoms with Gasteiger partial charge in [0, 0.05) is 35.9 Å². The predicted molar refractivity (Wildman–Crippen MR) is 136 cm³/mol. The van der Waals surface area contributed by atoms with Gasteiger partial charge in [-0.1, -0.05) is 48.0 Å². The fourth-order valence-corrected chi connectivity index (χ4v) is 4.04. The Kier molecular flexibility index (Phi) is 7.67. The average Bonchev–Trinajstić information content (AvgIpc) is 3.26. The van der Waals surface area contributed by atoms with Gasteiger partial charge in [-0.25, -0.2) is 0 Å². The molecule has 0 aromatic heterocycles. The monoisotopic (exact) mass is 491 g/mol. The molecule has 2 N–H and O–H groups in total. The number of carbonyl (C=O) groups is 3. The van der Waals surface area contributed by atoms with Crippen LogP contribution in [0.2, 0.25) is 5.02 Å². The van der Waals surface area contributed by atoms with E-state index in [2.05, 4.69) is 10.6 Å². The van der Waals surface area contributed by atoms with E-state index in [0.717, 1.165) is 11.1 Å². The van der Waals surface area contributed by atoms with E-state index >= 15 is 0 Å². The van der Waals surface area contributed by atoms with Crippen molar-refractivity contribution in [1.29, 1.82) is 0 Å². The molecule has 3 aromatic carbocycles. The lowest BCUT2D eigenvalue weighted by Gasteiger charge is -2.17. The molecule has 1 saturated heterocycles. The van der Waals surface area contributed by atoms with Gasteiger partial charge in [-0.3, -0.25) is 14.4 Å². The van der Waals surface area contributed by atoms with Crippen molar-refractivity contribution in [2.45, 2.75) is 19.9 Å². The smallest absolute Gasteiger partial charge is 0.262 e. The molecule has 3 amide bonds. The Bertz CT molecular complexity index is 1210. The molecular weight excluding hydrogens is 466 g/mol. The van der Waals surface area contributed by atoms with Crippen LogP contribution < -0.4 is 20.3 Å². The van der Waals surface area contributed by atoms with Gasteiger partial charge in [-0.2, -0.15) is 0 Å². The van der Waals surface area contributed by atoms with Crippen molar-refractivity contribution in [2.75, 3.05) is 23.4 Å². The second-order valence-electron chi connectivity index (χ2n) is 8.35. The van der Waals surface area contributed by atoms with Gasteiger partial charge >= 0.3 is 0 Å². The summed E-state index contributed by atoms with van der Waals surface area (Å²) in [7, 11) is 0. The van der Waals surface area contributed by atoms with Crippen molar-refractivity contribution in [3.8, 4) is 5.75 Å². The Morgan fingerprint density at radius 2 is 1.77 bits per heavy atom. The topological polar surface area (TPSA) is 87.7 Å². The van der Waals surface area contributed by atoms with Crippen LogP contribution in [0.5, 0.6) is 5.75 Å². The van der Waals surface area contributed by atoms with Crippen LogP contribution in [0.1, 0.15) is 17.5 Å². The van der Waals surface area contributed by atoms with Crippen LogP contribution in [0.3, 0.4) is 0 Å². The summed E-state index contributed by atoms with van der Waals surface area (Å²) < 4.78 is 5.58. The van der Waals surface area contributed by atoms with E-state index < -0.39 is 5.92 Å². The molecule has 0 spiro atoms. The van der Waals surface area contributed by atoms with Crippen molar-refractivity contribution in [3.63, 3.8) is 0 Å². The van der Waals surface area contributed by atoms with Crippen molar-refractivity contribution >= 4 is 40.7 Å². The summed E-state index contributed by atoms with van der Waals surface area (Å²) in [6.07, 6.45) is 0.169. The molecule has 7 nitrogen and oxygen atoms in total. The van der Waals surface area contributed by atoms with Gasteiger partial charge in [0.15, 0.2) is 6.61 Å². The van der Waals surface area contributed by atoms with Gasteiger partial charge in [-0.15, -0.1) is 0 Å². The fourth-order valence-electron chi connectivity index (χ4n) is 3.86. The van der Waals surface area contributed by atoms with E-state index in [9.17, 15) is 14.4 Å². The number of amides is 3. The Morgan fingerprint density at radius 3 is 2.51 bits per heavy atom. The number of nitrogens with zero attached hydrogens (tertiary/aromatic N) is 1. The Labute approximate surface area is 209 Å². The molecule has 8 heteroatoms. The third kappa shape index (κ3) is 6.19. The van der Waals surface area contributed by atoms with Crippen molar-refractivity contribution < 1.29 is 19.1 Å². The highest BCUT2D eigenvalue weighted by Gasteiger charge is 2.35. The van der Waals surface area contributed by atoms with E-state index in [0.29, 0.717) is 35.2 Å². The number of ether oxygens (including phenoxy) is 1. The minimum absolute atomic E-state index is 0.102. The highest BCUT2D eigenvalue weighted by molar-refractivity contribution is 6.31. The lowest BCUT2D eigenvalue weighted by atomic mass is 10.1. The molecule has 1 heterocycles. The molecule has 1 aliphatic heterocycles. The molecule has 0 saturated carbocycles. The zero-order valence-electron chi connectivity index (χ0n) is 19.3. The van der Waals surface area contributed by atoms with Crippen molar-refractivity contribution in [3.05, 3.63) is 88.9 Å². The first-order chi connectivity index (χ1) is 16.9. The highest BCUT2D eigenvalue weighted by atomic mass is 35.5. The standard InChI is InChI=1S/C27H26ClN3O4/c1-18-23(28)8-5-9-24(18)30-25(32)17-35-22-12-10-21(11-13-22)31-16-20(14-26(31)33)27(34)29-15-19-6-3-2-4-7-19/h2-13,20H,14-17H2,1H3,(H,29,34)(H,30,32)/t20-/m0/s1. The number of hydrogen-bond acceptors (Lipinski definition) is 4. The van der Waals surface area contributed by atoms with Crippen molar-refractivity contribution in [1.82, 2.24) is 5.32 Å². The summed E-state index contributed by atoms with van der Waals surface area (Å²) in [5.74, 6) is -0.449. The molecular formula is C27H26ClN3O4. The number of halogens is 1. The summed E-state index contributed by atoms with van der Waals surface area (Å²) in [6.45, 7) is 2.41. The number of carbonyl (C=O) groups excluding carboxylic acids is 3. The SMILES string of the molecule is Cc1c(Cl)cccc1NC(=O)COc1ccc(N2C[C@@H](C(=O)NCc3ccccc3)CC2=O)cc1. The highest BCUT2D eigenvalue weighted by Crippen LogP contribution is 2.27. The second kappa shape index (κ2) is 11.1. The average molecular weight is 492 g/mol. The molecule has 0 unspecified atom stereocenters. The first-order valence-corrected chi connectivity index (χ1v) is 11.7. The number of anilines is 2. The largest absolute Gasteiger partial charge is 0.484 e. The van der Waals surface area contributed by atoms with Crippen LogP contribution in [0, 0.1) is 12.8 Å². The Morgan fingerprint density at radius 1 is 1.03 bits per heavy atom. The molecule has 3 aromatic rings. The maximum atomic E-state index is 12.6. The van der Waals surface area contributed by atoms with E-state index in [1.165, 1.54) is 0 Å². The predicted octanol–water partition coefficient (Wildman–Crippen LogP) is 4.34. The molecule has 0 radical (unpaired) electrons. The van der Waals surface area contributed by atoms with E-state index in [1.54, 1.807) is 47.4 Å². The van der Waals surface area contributed by atoms with E-state index in [1.807, 2.05) is 37.3 Å². The molecule has 4 rings (SSSR count). The summed E-state index contributed by atoms with van der Waals surface area (Å²) in [5, 5.41) is 6.27. The van der Waals surface area contributed by atoms with Gasteiger partial charge in [0.2, 0.25) is 11.8 Å². The molecule has 0 aliphatic carbocycles. The van der Waals surface area contributed by atoms with Gasteiger partial charge < -0.3 is 20.3 Å². The number of hydrogen-bond donors (Lipinski definition) is 2. The number of rotatable bonds is 8. The molecule has 0 bridgehead atoms. The van der Waals surface area contributed by atoms with Crippen LogP contribution in [0.25, 0.3) is 0 Å². The molecule has 35 heavy (non-hydrogen) atoms. The maximum Gasteiger partial charge on any atom is 0.262 e. The van der Waals surface area contributed by atoms with E-state index in [4.69, 9.17) is 16.3 Å². The first kappa shape index (κ1) is 24.3. The van der Waals surface area contributed by atoms with E-state index in [-0.39, 0.29) is 30.7 Å². The summed E-state index contributed by atoms with van der Waals surface area (Å²) in [5.41, 5.74) is 3.11. The van der Waals surface area contributed by atoms with Gasteiger partial charge in [0.1, 0.15) is 5.75 Å². The van der Waals surface area contributed by atoms with Gasteiger partial charge in [0.05, 0.1) is 5.92 Å². The zero-order valence-corrected chi connectivity index (χ0v) is 20.0.